The maximum atomic E-state index is 13.1. The zero-order valence-corrected chi connectivity index (χ0v) is 21.1. The molecular weight excluding hydrogens is 514 g/mol. The summed E-state index contributed by atoms with van der Waals surface area (Å²) < 4.78 is 6.03. The lowest BCUT2D eigenvalue weighted by molar-refractivity contribution is 0.0284. The predicted molar refractivity (Wildman–Crippen MR) is 147 cm³/mol. The fraction of sp³-hybridized carbons (Fsp3) is 0.0968. The first-order valence-corrected chi connectivity index (χ1v) is 12.6. The molecule has 0 unspecified atom stereocenters. The van der Waals surface area contributed by atoms with E-state index in [1.165, 1.54) is 0 Å². The summed E-state index contributed by atoms with van der Waals surface area (Å²) in [5, 5.41) is 3.10. The Morgan fingerprint density at radius 3 is 1.78 bits per heavy atom. The first kappa shape index (κ1) is 25.1. The van der Waals surface area contributed by atoms with E-state index in [9.17, 15) is 9.59 Å². The Labute approximate surface area is 219 Å². The third-order valence-corrected chi connectivity index (χ3v) is 6.68. The molecule has 0 spiro atoms. The van der Waals surface area contributed by atoms with Gasteiger partial charge < -0.3 is 10.1 Å². The highest BCUT2D eigenvalue weighted by Crippen LogP contribution is 2.31. The molecule has 3 atom stereocenters. The zero-order chi connectivity index (χ0) is 25.2. The van der Waals surface area contributed by atoms with Crippen molar-refractivity contribution >= 4 is 33.9 Å². The highest BCUT2D eigenvalue weighted by Gasteiger charge is 2.32. The average Bonchev–Trinajstić information content (AvgIpc) is 2.95. The molecule has 180 valence electrons. The molecule has 4 aromatic carbocycles. The van der Waals surface area contributed by atoms with Gasteiger partial charge in [-0.3, -0.25) is 4.79 Å². The second-order valence-corrected chi connectivity index (χ2v) is 9.24. The van der Waals surface area contributed by atoms with Gasteiger partial charge in [0.15, 0.2) is 0 Å². The van der Waals surface area contributed by atoms with Crippen LogP contribution in [0.3, 0.4) is 0 Å². The molecule has 0 saturated heterocycles. The van der Waals surface area contributed by atoms with Gasteiger partial charge in [0.2, 0.25) is 0 Å². The molecule has 0 aliphatic carbocycles. The maximum absolute atomic E-state index is 13.1. The molecular formula is C31H26BrNO3. The van der Waals surface area contributed by atoms with E-state index >= 15 is 0 Å². The monoisotopic (exact) mass is 539 g/mol. The minimum Gasteiger partial charge on any atom is -0.453 e. The van der Waals surface area contributed by atoms with Crippen LogP contribution in [0.15, 0.2) is 127 Å². The van der Waals surface area contributed by atoms with E-state index in [1.54, 1.807) is 36.4 Å². The van der Waals surface area contributed by atoms with Crippen molar-refractivity contribution in [1.29, 1.82) is 0 Å². The Kier molecular flexibility index (Phi) is 8.84. The first-order valence-electron chi connectivity index (χ1n) is 11.7. The molecule has 0 heterocycles. The highest BCUT2D eigenvalue weighted by atomic mass is 79.9. The van der Waals surface area contributed by atoms with E-state index in [-0.39, 0.29) is 5.91 Å². The summed E-state index contributed by atoms with van der Waals surface area (Å²) >= 11 is 3.78. The summed E-state index contributed by atoms with van der Waals surface area (Å²) in [5.74, 6) is -0.655. The van der Waals surface area contributed by atoms with Crippen molar-refractivity contribution in [2.24, 2.45) is 0 Å². The molecule has 0 aliphatic rings. The third-order valence-electron chi connectivity index (χ3n) is 5.63. The standard InChI is InChI=1S/C31H26BrNO3/c32-28(29(24-15-7-2-8-16-24)36-31(35)26-19-11-4-12-20-26)27(22-21-23-13-5-1-6-14-23)33-30(34)25-17-9-3-10-18-25/h1-22,27-29H,(H,33,34)/b22-21+/t27-,28+,29-/m0/s1. The van der Waals surface area contributed by atoms with Crippen LogP contribution in [-0.2, 0) is 4.74 Å². The minimum atomic E-state index is -0.666. The molecule has 36 heavy (non-hydrogen) atoms. The lowest BCUT2D eigenvalue weighted by Gasteiger charge is -2.29. The van der Waals surface area contributed by atoms with Crippen LogP contribution in [0.1, 0.15) is 37.9 Å². The van der Waals surface area contributed by atoms with E-state index in [0.29, 0.717) is 11.1 Å². The number of rotatable bonds is 9. The normalized spacial score (nSPS) is 13.5. The molecule has 0 aromatic heterocycles. The van der Waals surface area contributed by atoms with Crippen molar-refractivity contribution in [2.75, 3.05) is 0 Å². The number of ether oxygens (including phenoxy) is 1. The number of esters is 1. The summed E-state index contributed by atoms with van der Waals surface area (Å²) in [6.07, 6.45) is 3.20. The SMILES string of the molecule is O=C(N[C@@H](/C=C/c1ccccc1)[C@@H](Br)[C@@H](OC(=O)c1ccccc1)c1ccccc1)c1ccccc1. The molecule has 0 aliphatic heterocycles. The number of benzene rings is 4. The van der Waals surface area contributed by atoms with E-state index in [1.807, 2.05) is 97.1 Å². The molecule has 0 bridgehead atoms. The Balaban J connectivity index is 1.65. The van der Waals surface area contributed by atoms with E-state index in [4.69, 9.17) is 4.74 Å². The number of nitrogens with one attached hydrogen (secondary N) is 1. The fourth-order valence-corrected chi connectivity index (χ4v) is 4.46. The van der Waals surface area contributed by atoms with Gasteiger partial charge in [-0.1, -0.05) is 125 Å². The van der Waals surface area contributed by atoms with Crippen molar-refractivity contribution in [1.82, 2.24) is 5.32 Å². The van der Waals surface area contributed by atoms with Gasteiger partial charge in [-0.25, -0.2) is 4.79 Å². The lowest BCUT2D eigenvalue weighted by atomic mass is 9.99. The van der Waals surface area contributed by atoms with Gasteiger partial charge in [0.25, 0.3) is 5.91 Å². The van der Waals surface area contributed by atoms with Gasteiger partial charge in [-0.2, -0.15) is 0 Å². The first-order chi connectivity index (χ1) is 17.6. The quantitative estimate of drug-likeness (QED) is 0.186. The second-order valence-electron chi connectivity index (χ2n) is 8.18. The predicted octanol–water partition coefficient (Wildman–Crippen LogP) is 6.86. The number of carbonyl (C=O) groups is 2. The van der Waals surface area contributed by atoms with Crippen molar-refractivity contribution in [2.45, 2.75) is 17.0 Å². The van der Waals surface area contributed by atoms with Crippen LogP contribution in [-0.4, -0.2) is 22.7 Å². The van der Waals surface area contributed by atoms with Crippen LogP contribution in [0.2, 0.25) is 0 Å². The number of carbonyl (C=O) groups excluding carboxylic acids is 2. The van der Waals surface area contributed by atoms with Gasteiger partial charge in [-0.15, -0.1) is 0 Å². The number of amides is 1. The molecule has 0 radical (unpaired) electrons. The van der Waals surface area contributed by atoms with Crippen LogP contribution in [0, 0.1) is 0 Å². The summed E-state index contributed by atoms with van der Waals surface area (Å²) in [6, 6.07) is 36.8. The van der Waals surface area contributed by atoms with E-state index < -0.39 is 22.9 Å². The van der Waals surface area contributed by atoms with E-state index in [2.05, 4.69) is 21.2 Å². The van der Waals surface area contributed by atoms with Crippen molar-refractivity contribution < 1.29 is 14.3 Å². The van der Waals surface area contributed by atoms with Crippen LogP contribution >= 0.6 is 15.9 Å². The summed E-state index contributed by atoms with van der Waals surface area (Å²) in [4.78, 5) is 25.7. The van der Waals surface area contributed by atoms with Crippen molar-refractivity contribution in [3.63, 3.8) is 0 Å². The maximum Gasteiger partial charge on any atom is 0.338 e. The fourth-order valence-electron chi connectivity index (χ4n) is 3.74. The van der Waals surface area contributed by atoms with Crippen molar-refractivity contribution in [3.05, 3.63) is 150 Å². The van der Waals surface area contributed by atoms with Gasteiger partial charge in [0.1, 0.15) is 6.10 Å². The molecule has 4 rings (SSSR count). The number of alkyl halides is 1. The highest BCUT2D eigenvalue weighted by molar-refractivity contribution is 9.09. The van der Waals surface area contributed by atoms with Gasteiger partial charge in [0, 0.05) is 5.56 Å². The second kappa shape index (κ2) is 12.7. The van der Waals surface area contributed by atoms with Gasteiger partial charge in [0.05, 0.1) is 16.4 Å². The molecule has 1 N–H and O–H groups in total. The Morgan fingerprint density at radius 1 is 0.694 bits per heavy atom. The number of hydrogen-bond acceptors (Lipinski definition) is 3. The number of hydrogen-bond donors (Lipinski definition) is 1. The molecule has 4 aromatic rings. The minimum absolute atomic E-state index is 0.219. The average molecular weight is 540 g/mol. The van der Waals surface area contributed by atoms with Gasteiger partial charge in [-0.05, 0) is 35.4 Å². The smallest absolute Gasteiger partial charge is 0.338 e. The molecule has 0 saturated carbocycles. The largest absolute Gasteiger partial charge is 0.453 e. The van der Waals surface area contributed by atoms with Crippen LogP contribution in [0.5, 0.6) is 0 Å². The third kappa shape index (κ3) is 6.80. The zero-order valence-electron chi connectivity index (χ0n) is 19.5. The summed E-state index contributed by atoms with van der Waals surface area (Å²) in [5.41, 5.74) is 2.82. The van der Waals surface area contributed by atoms with Crippen LogP contribution < -0.4 is 5.32 Å². The topological polar surface area (TPSA) is 55.4 Å². The molecule has 1 amide bonds. The Morgan fingerprint density at radius 2 is 1.19 bits per heavy atom. The summed E-state index contributed by atoms with van der Waals surface area (Å²) in [7, 11) is 0. The van der Waals surface area contributed by atoms with Crippen molar-refractivity contribution in [3.8, 4) is 0 Å². The lowest BCUT2D eigenvalue weighted by Crippen LogP contribution is -2.42. The molecule has 5 heteroatoms. The van der Waals surface area contributed by atoms with E-state index in [0.717, 1.165) is 11.1 Å². The Bertz CT molecular complexity index is 1280. The molecule has 0 fully saturated rings. The van der Waals surface area contributed by atoms with Gasteiger partial charge >= 0.3 is 5.97 Å². The van der Waals surface area contributed by atoms with Crippen LogP contribution in [0.25, 0.3) is 6.08 Å². The van der Waals surface area contributed by atoms with Crippen LogP contribution in [0.4, 0.5) is 0 Å². The number of halogens is 1. The Hall–Kier alpha value is -3.96. The molecule has 4 nitrogen and oxygen atoms in total. The summed E-state index contributed by atoms with van der Waals surface area (Å²) in [6.45, 7) is 0.